The molecule has 7 unspecified atom stereocenters. The standard InChI is InChI=1S/C39H58N2O3.C3H6/c1-27-30(28-8-10-29(11-9-28)35(42)43)14-17-36(2)31(27)15-18-38(4)34(36)13-12-32-33-7-5-16-39(33,20-19-37(32,38)3)40-21-6-22-41-23-25-44-26-24-41;1-3-2/h8-11,14,27,31-34,40H,5-7,12-13,15-26H2,1-4H3,(H,42,43);3H,1H2,2H3/t27?,31?,32?,33?,34?,36?,37-,38?,39+;/m1./s1. The van der Waals surface area contributed by atoms with Gasteiger partial charge in [-0.2, -0.15) is 0 Å². The summed E-state index contributed by atoms with van der Waals surface area (Å²) in [5, 5.41) is 13.7. The fourth-order valence-corrected chi connectivity index (χ4v) is 12.8. The molecule has 4 saturated carbocycles. The number of fused-ring (bicyclic) bond motifs is 7. The van der Waals surface area contributed by atoms with Crippen molar-refractivity contribution in [3.05, 3.63) is 54.1 Å². The molecule has 1 aliphatic heterocycles. The molecular formula is C42H64N2O3. The lowest BCUT2D eigenvalue weighted by molar-refractivity contribution is -0.211. The first kappa shape index (κ1) is 34.9. The Kier molecular flexibility index (Phi) is 10.2. The van der Waals surface area contributed by atoms with Gasteiger partial charge in [-0.25, -0.2) is 4.79 Å². The molecule has 5 nitrogen and oxygen atoms in total. The average molecular weight is 645 g/mol. The molecule has 0 spiro atoms. The summed E-state index contributed by atoms with van der Waals surface area (Å²) in [4.78, 5) is 14.0. The Morgan fingerprint density at radius 1 is 0.979 bits per heavy atom. The van der Waals surface area contributed by atoms with Crippen LogP contribution in [0.2, 0.25) is 0 Å². The van der Waals surface area contributed by atoms with E-state index in [4.69, 9.17) is 4.74 Å². The Morgan fingerprint density at radius 3 is 2.40 bits per heavy atom. The molecule has 1 aromatic carbocycles. The molecule has 9 atom stereocenters. The maximum atomic E-state index is 11.4. The Balaban J connectivity index is 0.00000124. The molecule has 1 aromatic rings. The van der Waals surface area contributed by atoms with Crippen molar-refractivity contribution in [1.29, 1.82) is 0 Å². The molecule has 0 bridgehead atoms. The molecule has 260 valence electrons. The van der Waals surface area contributed by atoms with Gasteiger partial charge in [-0.15, -0.1) is 6.58 Å². The third-order valence-electron chi connectivity index (χ3n) is 15.3. The lowest BCUT2D eigenvalue weighted by Crippen LogP contribution is -2.67. The number of morpholine rings is 1. The molecule has 5 fully saturated rings. The largest absolute Gasteiger partial charge is 0.478 e. The molecule has 47 heavy (non-hydrogen) atoms. The van der Waals surface area contributed by atoms with Gasteiger partial charge in [0.1, 0.15) is 0 Å². The maximum Gasteiger partial charge on any atom is 0.335 e. The zero-order valence-electron chi connectivity index (χ0n) is 30.3. The second-order valence-electron chi connectivity index (χ2n) is 17.1. The highest BCUT2D eigenvalue weighted by Crippen LogP contribution is 2.75. The zero-order valence-corrected chi connectivity index (χ0v) is 30.3. The van der Waals surface area contributed by atoms with E-state index in [0.29, 0.717) is 39.2 Å². The van der Waals surface area contributed by atoms with Gasteiger partial charge in [0.25, 0.3) is 0 Å². The summed E-state index contributed by atoms with van der Waals surface area (Å²) in [5.41, 5.74) is 4.59. The number of rotatable bonds is 7. The van der Waals surface area contributed by atoms with Crippen LogP contribution in [0.1, 0.15) is 121 Å². The van der Waals surface area contributed by atoms with Crippen LogP contribution >= 0.6 is 0 Å². The number of allylic oxidation sites excluding steroid dienone is 3. The molecule has 1 saturated heterocycles. The fraction of sp³-hybridized carbons (Fsp3) is 0.738. The predicted octanol–water partition coefficient (Wildman–Crippen LogP) is 9.10. The molecular weight excluding hydrogens is 580 g/mol. The number of benzene rings is 1. The topological polar surface area (TPSA) is 61.8 Å². The molecule has 1 heterocycles. The van der Waals surface area contributed by atoms with E-state index in [-0.39, 0.29) is 0 Å². The molecule has 5 heteroatoms. The molecule has 0 radical (unpaired) electrons. The Labute approximate surface area is 286 Å². The molecule has 5 aliphatic carbocycles. The van der Waals surface area contributed by atoms with Crippen LogP contribution in [0.5, 0.6) is 0 Å². The number of carboxylic acid groups (broad SMARTS) is 1. The number of carbonyl (C=O) groups is 1. The van der Waals surface area contributed by atoms with Crippen molar-refractivity contribution in [3.63, 3.8) is 0 Å². The van der Waals surface area contributed by atoms with Gasteiger partial charge in [-0.05, 0) is 153 Å². The highest BCUT2D eigenvalue weighted by molar-refractivity contribution is 5.88. The van der Waals surface area contributed by atoms with Gasteiger partial charge < -0.3 is 15.2 Å². The first-order valence-corrected chi connectivity index (χ1v) is 19.2. The predicted molar refractivity (Wildman–Crippen MR) is 193 cm³/mol. The number of nitrogens with one attached hydrogen (secondary N) is 1. The van der Waals surface area contributed by atoms with Gasteiger partial charge >= 0.3 is 5.97 Å². The van der Waals surface area contributed by atoms with Crippen molar-refractivity contribution in [3.8, 4) is 0 Å². The lowest BCUT2D eigenvalue weighted by atomic mass is 9.34. The maximum absolute atomic E-state index is 11.4. The van der Waals surface area contributed by atoms with E-state index in [9.17, 15) is 9.90 Å². The quantitative estimate of drug-likeness (QED) is 0.229. The van der Waals surface area contributed by atoms with Crippen LogP contribution in [0.25, 0.3) is 5.57 Å². The van der Waals surface area contributed by atoms with Gasteiger partial charge in [0.15, 0.2) is 0 Å². The van der Waals surface area contributed by atoms with E-state index in [0.717, 1.165) is 50.5 Å². The summed E-state index contributed by atoms with van der Waals surface area (Å²) < 4.78 is 5.56. The van der Waals surface area contributed by atoms with Gasteiger partial charge in [0.05, 0.1) is 18.8 Å². The van der Waals surface area contributed by atoms with Crippen molar-refractivity contribution >= 4 is 11.5 Å². The summed E-state index contributed by atoms with van der Waals surface area (Å²) in [7, 11) is 0. The normalized spacial score (nSPS) is 41.2. The van der Waals surface area contributed by atoms with Crippen LogP contribution in [0, 0.1) is 45.8 Å². The highest BCUT2D eigenvalue weighted by atomic mass is 16.5. The number of nitrogens with zero attached hydrogens (tertiary/aromatic N) is 1. The van der Waals surface area contributed by atoms with E-state index in [1.165, 1.54) is 88.4 Å². The van der Waals surface area contributed by atoms with Crippen LogP contribution in [-0.2, 0) is 4.74 Å². The van der Waals surface area contributed by atoms with Crippen molar-refractivity contribution < 1.29 is 14.6 Å². The van der Waals surface area contributed by atoms with E-state index in [2.05, 4.69) is 50.6 Å². The van der Waals surface area contributed by atoms with Gasteiger partial charge in [-0.3, -0.25) is 4.90 Å². The summed E-state index contributed by atoms with van der Waals surface area (Å²) in [6.45, 7) is 22.3. The third kappa shape index (κ3) is 5.99. The second kappa shape index (κ2) is 13.8. The summed E-state index contributed by atoms with van der Waals surface area (Å²) >= 11 is 0. The van der Waals surface area contributed by atoms with E-state index in [1.54, 1.807) is 18.2 Å². The zero-order chi connectivity index (χ0) is 33.5. The Bertz CT molecular complexity index is 1300. The number of ether oxygens (including phenoxy) is 1. The number of aromatic carboxylic acids is 1. The van der Waals surface area contributed by atoms with Crippen LogP contribution in [-0.4, -0.2) is 60.9 Å². The molecule has 0 aromatic heterocycles. The van der Waals surface area contributed by atoms with Crippen LogP contribution in [0.3, 0.4) is 0 Å². The van der Waals surface area contributed by atoms with Crippen molar-refractivity contribution in [2.45, 2.75) is 111 Å². The molecule has 0 amide bonds. The fourth-order valence-electron chi connectivity index (χ4n) is 12.8. The van der Waals surface area contributed by atoms with Crippen molar-refractivity contribution in [1.82, 2.24) is 10.2 Å². The van der Waals surface area contributed by atoms with Gasteiger partial charge in [-0.1, -0.05) is 58.4 Å². The van der Waals surface area contributed by atoms with Crippen LogP contribution in [0.4, 0.5) is 0 Å². The van der Waals surface area contributed by atoms with Crippen LogP contribution in [0.15, 0.2) is 43.0 Å². The lowest BCUT2D eigenvalue weighted by Gasteiger charge is -2.71. The van der Waals surface area contributed by atoms with E-state index in [1.807, 2.05) is 19.1 Å². The summed E-state index contributed by atoms with van der Waals surface area (Å²) in [6, 6.07) is 7.65. The number of hydrogen-bond acceptors (Lipinski definition) is 4. The smallest absolute Gasteiger partial charge is 0.335 e. The van der Waals surface area contributed by atoms with Gasteiger partial charge in [0.2, 0.25) is 0 Å². The third-order valence-corrected chi connectivity index (χ3v) is 15.3. The van der Waals surface area contributed by atoms with E-state index >= 15 is 0 Å². The van der Waals surface area contributed by atoms with Crippen LogP contribution < -0.4 is 5.32 Å². The van der Waals surface area contributed by atoms with E-state index < -0.39 is 5.97 Å². The minimum atomic E-state index is -0.845. The number of carboxylic acids is 1. The average Bonchev–Trinajstić information content (AvgIpc) is 3.49. The Morgan fingerprint density at radius 2 is 1.70 bits per heavy atom. The first-order valence-electron chi connectivity index (χ1n) is 19.2. The summed E-state index contributed by atoms with van der Waals surface area (Å²) in [5.74, 6) is 2.84. The monoisotopic (exact) mass is 644 g/mol. The first-order chi connectivity index (χ1) is 22.5. The molecule has 2 N–H and O–H groups in total. The summed E-state index contributed by atoms with van der Waals surface area (Å²) in [6.07, 6.45) is 19.2. The molecule has 7 rings (SSSR count). The second-order valence-corrected chi connectivity index (χ2v) is 17.1. The minimum absolute atomic E-state index is 0.340. The Hall–Kier alpha value is -1.95. The van der Waals surface area contributed by atoms with Crippen molar-refractivity contribution in [2.75, 3.05) is 39.4 Å². The number of hydrogen-bond donors (Lipinski definition) is 2. The van der Waals surface area contributed by atoms with Crippen molar-refractivity contribution in [2.24, 2.45) is 45.8 Å². The van der Waals surface area contributed by atoms with Gasteiger partial charge in [0, 0.05) is 18.6 Å². The SMILES string of the molecule is C=CC.CC1C(c2ccc(C(=O)O)cc2)=CCC2(C)C1CCC1(C)C2CCC2C3CCC[C@]3(NCCCN3CCOCC3)CC[C@]21C. The highest BCUT2D eigenvalue weighted by Gasteiger charge is 2.68. The minimum Gasteiger partial charge on any atom is -0.478 e. The molecule has 6 aliphatic rings.